The number of nitrogens with zero attached hydrogens (tertiary/aromatic N) is 1. The summed E-state index contributed by atoms with van der Waals surface area (Å²) in [4.78, 5) is 0. The topological polar surface area (TPSA) is 4.93 Å². The highest BCUT2D eigenvalue weighted by atomic mass is 15.0. The zero-order valence-corrected chi connectivity index (χ0v) is 17.4. The first-order valence-corrected chi connectivity index (χ1v) is 10.4. The van der Waals surface area contributed by atoms with Crippen LogP contribution < -0.4 is 0 Å². The Labute approximate surface area is 182 Å². The summed E-state index contributed by atoms with van der Waals surface area (Å²) in [5.74, 6) is 0. The molecule has 1 nitrogen and oxygen atoms in total. The lowest BCUT2D eigenvalue weighted by atomic mass is 10.0. The molecule has 4 aromatic carbocycles. The average molecular weight is 398 g/mol. The van der Waals surface area contributed by atoms with Gasteiger partial charge in [0.15, 0.2) is 0 Å². The lowest BCUT2D eigenvalue weighted by Crippen LogP contribution is -1.93. The molecule has 0 aliphatic heterocycles. The first-order chi connectivity index (χ1) is 15.2. The molecule has 0 N–H and O–H groups in total. The van der Waals surface area contributed by atoms with Crippen LogP contribution in [0.2, 0.25) is 0 Å². The summed E-state index contributed by atoms with van der Waals surface area (Å²) in [6.07, 6.45) is 5.64. The van der Waals surface area contributed by atoms with Crippen LogP contribution in [-0.2, 0) is 0 Å². The van der Waals surface area contributed by atoms with Crippen LogP contribution in [0.3, 0.4) is 0 Å². The van der Waals surface area contributed by atoms with Crippen LogP contribution in [0.15, 0.2) is 105 Å². The molecule has 0 spiro atoms. The monoisotopic (exact) mass is 397 g/mol. The zero-order chi connectivity index (χ0) is 21.4. The van der Waals surface area contributed by atoms with Gasteiger partial charge >= 0.3 is 0 Å². The van der Waals surface area contributed by atoms with Gasteiger partial charge in [0, 0.05) is 16.5 Å². The fourth-order valence-corrected chi connectivity index (χ4v) is 4.20. The maximum absolute atomic E-state index is 3.96. The minimum Gasteiger partial charge on any atom is -0.309 e. The molecule has 5 aromatic rings. The van der Waals surface area contributed by atoms with Gasteiger partial charge in [-0.15, -0.1) is 0 Å². The maximum atomic E-state index is 3.96. The summed E-state index contributed by atoms with van der Waals surface area (Å²) in [5, 5.41) is 2.46. The molecule has 148 valence electrons. The van der Waals surface area contributed by atoms with Crippen molar-refractivity contribution < 1.29 is 0 Å². The number of rotatable bonds is 5. The second-order valence-corrected chi connectivity index (χ2v) is 7.67. The zero-order valence-electron chi connectivity index (χ0n) is 17.4. The first-order valence-electron chi connectivity index (χ1n) is 10.4. The highest BCUT2D eigenvalue weighted by Crippen LogP contribution is 2.35. The van der Waals surface area contributed by atoms with Crippen molar-refractivity contribution in [3.05, 3.63) is 121 Å². The number of aromatic nitrogens is 1. The summed E-state index contributed by atoms with van der Waals surface area (Å²) in [5.41, 5.74) is 9.27. The summed E-state index contributed by atoms with van der Waals surface area (Å²) in [6.45, 7) is 11.7. The molecule has 0 radical (unpaired) electrons. The van der Waals surface area contributed by atoms with Crippen LogP contribution in [0.4, 0.5) is 0 Å². The molecule has 0 unspecified atom stereocenters. The predicted molar refractivity (Wildman–Crippen MR) is 136 cm³/mol. The van der Waals surface area contributed by atoms with Crippen LogP contribution in [0, 0.1) is 0 Å². The summed E-state index contributed by atoms with van der Waals surface area (Å²) >= 11 is 0. The van der Waals surface area contributed by atoms with E-state index in [4.69, 9.17) is 0 Å². The van der Waals surface area contributed by atoms with E-state index in [1.165, 1.54) is 32.9 Å². The number of fused-ring (bicyclic) bond motifs is 3. The van der Waals surface area contributed by atoms with E-state index in [9.17, 15) is 0 Å². The van der Waals surface area contributed by atoms with E-state index in [1.807, 2.05) is 18.2 Å². The molecule has 31 heavy (non-hydrogen) atoms. The van der Waals surface area contributed by atoms with Crippen molar-refractivity contribution >= 4 is 40.0 Å². The Morgan fingerprint density at radius 2 is 0.968 bits per heavy atom. The van der Waals surface area contributed by atoms with E-state index in [0.29, 0.717) is 0 Å². The second kappa shape index (κ2) is 7.62. The first kappa shape index (κ1) is 18.9. The Kier molecular flexibility index (Phi) is 4.65. The van der Waals surface area contributed by atoms with Crippen molar-refractivity contribution in [3.8, 4) is 16.8 Å². The molecule has 0 atom stereocenters. The van der Waals surface area contributed by atoms with Crippen LogP contribution in [0.25, 0.3) is 56.8 Å². The van der Waals surface area contributed by atoms with Gasteiger partial charge in [0.25, 0.3) is 0 Å². The molecule has 0 amide bonds. The Morgan fingerprint density at radius 3 is 1.58 bits per heavy atom. The third-order valence-electron chi connectivity index (χ3n) is 5.89. The second-order valence-electron chi connectivity index (χ2n) is 7.67. The molecule has 1 heteroatoms. The van der Waals surface area contributed by atoms with Gasteiger partial charge in [-0.1, -0.05) is 86.5 Å². The fourth-order valence-electron chi connectivity index (χ4n) is 4.20. The molecule has 0 aliphatic carbocycles. The Morgan fingerprint density at radius 1 is 0.484 bits per heavy atom. The van der Waals surface area contributed by atoms with Crippen molar-refractivity contribution in [3.63, 3.8) is 0 Å². The van der Waals surface area contributed by atoms with Crippen LogP contribution in [0.5, 0.6) is 0 Å². The summed E-state index contributed by atoms with van der Waals surface area (Å²) in [7, 11) is 0. The predicted octanol–water partition coefficient (Wildman–Crippen LogP) is 8.38. The van der Waals surface area contributed by atoms with Crippen LogP contribution in [0.1, 0.15) is 16.7 Å². The fraction of sp³-hybridized carbons (Fsp3) is 0. The van der Waals surface area contributed by atoms with Crippen molar-refractivity contribution in [1.29, 1.82) is 0 Å². The van der Waals surface area contributed by atoms with Crippen LogP contribution >= 0.6 is 0 Å². The Bertz CT molecular complexity index is 1450. The van der Waals surface area contributed by atoms with Crippen molar-refractivity contribution in [2.45, 2.75) is 0 Å². The largest absolute Gasteiger partial charge is 0.309 e. The maximum Gasteiger partial charge on any atom is 0.0541 e. The average Bonchev–Trinajstić information content (AvgIpc) is 3.17. The molecule has 0 bridgehead atoms. The minimum atomic E-state index is 1.11. The van der Waals surface area contributed by atoms with E-state index in [0.717, 1.165) is 22.4 Å². The SMILES string of the molecule is C=Cc1ccc(-c2ccc3c(c2)c2cc(C=C)ccc2n3-c2ccc(C=C)cc2)cc1. The molecule has 0 saturated carbocycles. The van der Waals surface area contributed by atoms with Crippen molar-refractivity contribution in [1.82, 2.24) is 4.57 Å². The van der Waals surface area contributed by atoms with Gasteiger partial charge in [0.2, 0.25) is 0 Å². The lowest BCUT2D eigenvalue weighted by molar-refractivity contribution is 1.18. The van der Waals surface area contributed by atoms with E-state index in [1.54, 1.807) is 0 Å². The Balaban J connectivity index is 1.78. The molecule has 0 aliphatic rings. The third kappa shape index (κ3) is 3.21. The highest BCUT2D eigenvalue weighted by Gasteiger charge is 2.13. The Hall–Kier alpha value is -4.10. The van der Waals surface area contributed by atoms with E-state index in [-0.39, 0.29) is 0 Å². The molecule has 1 heterocycles. The highest BCUT2D eigenvalue weighted by molar-refractivity contribution is 6.11. The molecule has 1 aromatic heterocycles. The smallest absolute Gasteiger partial charge is 0.0541 e. The number of hydrogen-bond acceptors (Lipinski definition) is 0. The van der Waals surface area contributed by atoms with Crippen LogP contribution in [-0.4, -0.2) is 4.57 Å². The van der Waals surface area contributed by atoms with Gasteiger partial charge < -0.3 is 4.57 Å². The van der Waals surface area contributed by atoms with Gasteiger partial charge in [-0.05, 0) is 64.2 Å². The standard InChI is InChI=1S/C30H23N/c1-4-21-7-12-24(13-8-21)25-14-18-30-28(20-25)27-19-23(6-3)11-17-29(27)31(30)26-15-9-22(5-2)10-16-26/h4-20H,1-3H2. The molecular formula is C30H23N. The number of hydrogen-bond donors (Lipinski definition) is 0. The quantitative estimate of drug-likeness (QED) is 0.281. The van der Waals surface area contributed by atoms with E-state index in [2.05, 4.69) is 109 Å². The number of benzene rings is 4. The van der Waals surface area contributed by atoms with E-state index < -0.39 is 0 Å². The van der Waals surface area contributed by atoms with Gasteiger partial charge in [-0.3, -0.25) is 0 Å². The van der Waals surface area contributed by atoms with Gasteiger partial charge in [-0.2, -0.15) is 0 Å². The van der Waals surface area contributed by atoms with Gasteiger partial charge in [-0.25, -0.2) is 0 Å². The minimum absolute atomic E-state index is 1.11. The van der Waals surface area contributed by atoms with Gasteiger partial charge in [0.05, 0.1) is 11.0 Å². The molecular weight excluding hydrogens is 374 g/mol. The van der Waals surface area contributed by atoms with Crippen molar-refractivity contribution in [2.75, 3.05) is 0 Å². The lowest BCUT2D eigenvalue weighted by Gasteiger charge is -2.09. The summed E-state index contributed by atoms with van der Waals surface area (Å²) < 4.78 is 2.33. The third-order valence-corrected chi connectivity index (χ3v) is 5.89. The van der Waals surface area contributed by atoms with Gasteiger partial charge in [0.1, 0.15) is 0 Å². The van der Waals surface area contributed by atoms with Crippen molar-refractivity contribution in [2.24, 2.45) is 0 Å². The molecule has 0 fully saturated rings. The summed E-state index contributed by atoms with van der Waals surface area (Å²) in [6, 6.07) is 30.3. The normalized spacial score (nSPS) is 11.0. The van der Waals surface area contributed by atoms with E-state index >= 15 is 0 Å². The molecule has 0 saturated heterocycles. The molecule has 5 rings (SSSR count).